The number of hydroxylamine groups is 1. The molecule has 0 radical (unpaired) electrons. The molecule has 0 aliphatic rings. The minimum atomic E-state index is -1.29. The van der Waals surface area contributed by atoms with Crippen molar-refractivity contribution in [2.45, 2.75) is 89.9 Å². The van der Waals surface area contributed by atoms with Gasteiger partial charge in [0.2, 0.25) is 5.91 Å². The number of allylic oxidation sites excluding steroid dienone is 2. The van der Waals surface area contributed by atoms with Crippen LogP contribution in [0.4, 0.5) is 0 Å². The summed E-state index contributed by atoms with van der Waals surface area (Å²) in [5.74, 6) is -0.0303. The van der Waals surface area contributed by atoms with E-state index in [1.165, 1.54) is 13.2 Å². The zero-order valence-electron chi connectivity index (χ0n) is 15.7. The normalized spacial score (nSPS) is 12.8. The Labute approximate surface area is 138 Å². The van der Waals surface area contributed by atoms with E-state index < -0.39 is 8.07 Å². The Kier molecular flexibility index (Phi) is 10.7. The maximum atomic E-state index is 11.2. The lowest BCUT2D eigenvalue weighted by Gasteiger charge is -2.42. The van der Waals surface area contributed by atoms with E-state index in [0.717, 1.165) is 35.9 Å². The lowest BCUT2D eigenvalue weighted by Crippen LogP contribution is -2.43. The molecule has 4 heteroatoms. The Bertz CT molecular complexity index is 316. The first-order chi connectivity index (χ1) is 10.3. The molecule has 1 amide bonds. The van der Waals surface area contributed by atoms with Crippen molar-refractivity contribution in [1.82, 2.24) is 5.48 Å². The van der Waals surface area contributed by atoms with Gasteiger partial charge in [-0.15, -0.1) is 0 Å². The third-order valence-electron chi connectivity index (χ3n) is 5.10. The molecule has 0 saturated carbocycles. The Hall–Kier alpha value is -0.613. The van der Waals surface area contributed by atoms with Crippen molar-refractivity contribution in [3.8, 4) is 0 Å². The minimum Gasteiger partial charge on any atom is -0.277 e. The lowest BCUT2D eigenvalue weighted by atomic mass is 10.2. The summed E-state index contributed by atoms with van der Waals surface area (Å²) in [5.41, 5.74) is 4.80. The summed E-state index contributed by atoms with van der Waals surface area (Å²) < 4.78 is 0. The summed E-state index contributed by atoms with van der Waals surface area (Å²) >= 11 is 0. The number of unbranched alkanes of at least 4 members (excludes halogenated alkanes) is 2. The number of carbonyl (C=O) groups excluding carboxylic acids is 1. The molecule has 0 heterocycles. The van der Waals surface area contributed by atoms with Gasteiger partial charge in [-0.3, -0.25) is 9.63 Å². The Morgan fingerprint density at radius 2 is 1.55 bits per heavy atom. The third kappa shape index (κ3) is 6.65. The second-order valence-electron chi connectivity index (χ2n) is 7.23. The number of hydrogen-bond acceptors (Lipinski definition) is 2. The van der Waals surface area contributed by atoms with Crippen LogP contribution in [0, 0.1) is 0 Å². The molecule has 0 saturated heterocycles. The van der Waals surface area contributed by atoms with Crippen molar-refractivity contribution in [2.75, 3.05) is 7.11 Å². The number of carbonyl (C=O) groups is 1. The molecule has 0 bridgehead atoms. The molecule has 1 N–H and O–H groups in total. The fraction of sp³-hybridized carbons (Fsp3) is 0.833. The largest absolute Gasteiger partial charge is 0.277 e. The molecular formula is C18H37NO2Si. The molecule has 0 aromatic heterocycles. The monoisotopic (exact) mass is 327 g/mol. The predicted molar refractivity (Wildman–Crippen MR) is 98.6 cm³/mol. The quantitative estimate of drug-likeness (QED) is 0.237. The molecule has 0 unspecified atom stereocenters. The average Bonchev–Trinajstić information content (AvgIpc) is 2.40. The van der Waals surface area contributed by atoms with Crippen LogP contribution in [-0.4, -0.2) is 21.1 Å². The van der Waals surface area contributed by atoms with E-state index in [2.05, 4.69) is 64.0 Å². The van der Waals surface area contributed by atoms with Crippen LogP contribution in [-0.2, 0) is 9.63 Å². The van der Waals surface area contributed by atoms with Crippen molar-refractivity contribution in [2.24, 2.45) is 0 Å². The zero-order chi connectivity index (χ0) is 17.2. The molecule has 0 atom stereocenters. The second-order valence-corrected chi connectivity index (χ2v) is 13.3. The highest BCUT2D eigenvalue weighted by atomic mass is 28.3. The SMILES string of the molecule is CONC(=O)CCCC/C=C/C[Si](C(C)C)(C(C)C)C(C)C. The maximum Gasteiger partial charge on any atom is 0.243 e. The van der Waals surface area contributed by atoms with E-state index >= 15 is 0 Å². The Morgan fingerprint density at radius 1 is 1.00 bits per heavy atom. The van der Waals surface area contributed by atoms with E-state index in [1.807, 2.05) is 0 Å². The predicted octanol–water partition coefficient (Wildman–Crippen LogP) is 5.46. The summed E-state index contributed by atoms with van der Waals surface area (Å²) in [5, 5.41) is 0. The molecule has 130 valence electrons. The number of hydrogen-bond donors (Lipinski definition) is 1. The third-order valence-corrected chi connectivity index (χ3v) is 12.5. The van der Waals surface area contributed by atoms with Gasteiger partial charge < -0.3 is 0 Å². The van der Waals surface area contributed by atoms with Gasteiger partial charge in [-0.2, -0.15) is 0 Å². The number of amides is 1. The molecule has 0 aromatic rings. The highest BCUT2D eigenvalue weighted by Crippen LogP contribution is 2.44. The summed E-state index contributed by atoms with van der Waals surface area (Å²) in [6.07, 6.45) is 8.34. The van der Waals surface area contributed by atoms with E-state index in [0.29, 0.717) is 6.42 Å². The van der Waals surface area contributed by atoms with E-state index in [4.69, 9.17) is 0 Å². The van der Waals surface area contributed by atoms with E-state index in [9.17, 15) is 4.79 Å². The minimum absolute atomic E-state index is 0.0303. The van der Waals surface area contributed by atoms with Gasteiger partial charge in [-0.05, 0) is 25.3 Å². The van der Waals surface area contributed by atoms with Crippen LogP contribution in [0.3, 0.4) is 0 Å². The summed E-state index contributed by atoms with van der Waals surface area (Å²) in [7, 11) is 0.175. The van der Waals surface area contributed by atoms with Crippen molar-refractivity contribution in [3.05, 3.63) is 12.2 Å². The van der Waals surface area contributed by atoms with Crippen molar-refractivity contribution in [3.63, 3.8) is 0 Å². The lowest BCUT2D eigenvalue weighted by molar-refractivity contribution is -0.131. The number of nitrogens with one attached hydrogen (secondary N) is 1. The van der Waals surface area contributed by atoms with E-state index in [1.54, 1.807) is 0 Å². The van der Waals surface area contributed by atoms with Crippen LogP contribution >= 0.6 is 0 Å². The molecule has 0 aromatic carbocycles. The molecule has 3 nitrogen and oxygen atoms in total. The smallest absolute Gasteiger partial charge is 0.243 e. The summed E-state index contributed by atoms with van der Waals surface area (Å²) in [4.78, 5) is 15.8. The Morgan fingerprint density at radius 3 is 2.00 bits per heavy atom. The second kappa shape index (κ2) is 11.0. The molecule has 0 aliphatic carbocycles. The first-order valence-electron chi connectivity index (χ1n) is 8.75. The van der Waals surface area contributed by atoms with Gasteiger partial charge in [-0.1, -0.05) is 70.3 Å². The van der Waals surface area contributed by atoms with Gasteiger partial charge >= 0.3 is 0 Å². The van der Waals surface area contributed by atoms with Crippen LogP contribution in [0.2, 0.25) is 22.7 Å². The fourth-order valence-corrected chi connectivity index (χ4v) is 9.81. The van der Waals surface area contributed by atoms with Crippen LogP contribution in [0.5, 0.6) is 0 Å². The first kappa shape index (κ1) is 21.4. The first-order valence-corrected chi connectivity index (χ1v) is 11.2. The van der Waals surface area contributed by atoms with Gasteiger partial charge in [0, 0.05) is 6.42 Å². The Balaban J connectivity index is 4.25. The topological polar surface area (TPSA) is 38.3 Å². The van der Waals surface area contributed by atoms with Gasteiger partial charge in [-0.25, -0.2) is 5.48 Å². The molecule has 0 spiro atoms. The van der Waals surface area contributed by atoms with Crippen molar-refractivity contribution >= 4 is 14.0 Å². The van der Waals surface area contributed by atoms with Crippen LogP contribution in [0.1, 0.15) is 67.2 Å². The van der Waals surface area contributed by atoms with Gasteiger partial charge in [0.15, 0.2) is 0 Å². The van der Waals surface area contributed by atoms with Gasteiger partial charge in [0.05, 0.1) is 15.2 Å². The average molecular weight is 328 g/mol. The van der Waals surface area contributed by atoms with Crippen molar-refractivity contribution in [1.29, 1.82) is 0 Å². The highest BCUT2D eigenvalue weighted by molar-refractivity contribution is 6.83. The fourth-order valence-electron chi connectivity index (χ4n) is 3.83. The molecule has 0 aliphatic heterocycles. The molecular weight excluding hydrogens is 290 g/mol. The molecule has 22 heavy (non-hydrogen) atoms. The van der Waals surface area contributed by atoms with Crippen molar-refractivity contribution < 1.29 is 9.63 Å². The highest BCUT2D eigenvalue weighted by Gasteiger charge is 2.41. The van der Waals surface area contributed by atoms with Gasteiger partial charge in [0.1, 0.15) is 0 Å². The van der Waals surface area contributed by atoms with Crippen LogP contribution in [0.15, 0.2) is 12.2 Å². The summed E-state index contributed by atoms with van der Waals surface area (Å²) in [6.45, 7) is 14.5. The molecule has 0 fully saturated rings. The standard InChI is InChI=1S/C18H37NO2Si/c1-15(2)22(16(3)4,17(5)6)14-12-10-8-9-11-13-18(20)19-21-7/h10,12,15-17H,8-9,11,13-14H2,1-7H3,(H,19,20)/b12-10+. The van der Waals surface area contributed by atoms with Gasteiger partial charge in [0.25, 0.3) is 0 Å². The van der Waals surface area contributed by atoms with E-state index in [-0.39, 0.29) is 5.91 Å². The van der Waals surface area contributed by atoms with Crippen LogP contribution in [0.25, 0.3) is 0 Å². The number of rotatable bonds is 11. The molecule has 0 rings (SSSR count). The maximum absolute atomic E-state index is 11.2. The summed E-state index contributed by atoms with van der Waals surface area (Å²) in [6, 6.07) is 1.28. The zero-order valence-corrected chi connectivity index (χ0v) is 16.7. The van der Waals surface area contributed by atoms with Crippen LogP contribution < -0.4 is 5.48 Å².